The zero-order valence-corrected chi connectivity index (χ0v) is 53.7. The highest BCUT2D eigenvalue weighted by Crippen LogP contribution is 2.38. The van der Waals surface area contributed by atoms with Crippen LogP contribution in [0.3, 0.4) is 0 Å². The maximum atomic E-state index is 13.0. The van der Waals surface area contributed by atoms with Gasteiger partial charge in [0.05, 0.1) is 39.9 Å². The van der Waals surface area contributed by atoms with Crippen molar-refractivity contribution >= 4 is 13.7 Å². The summed E-state index contributed by atoms with van der Waals surface area (Å²) in [6, 6.07) is -0.894. The first-order valence-electron chi connectivity index (χ1n) is 33.8. The number of nitrogens with zero attached hydrogens (tertiary/aromatic N) is 1. The highest BCUT2D eigenvalue weighted by molar-refractivity contribution is 7.45. The first kappa shape index (κ1) is 76.9. The minimum atomic E-state index is -4.61. The lowest BCUT2D eigenvalue weighted by Crippen LogP contribution is -2.45. The van der Waals surface area contributed by atoms with E-state index in [1.807, 2.05) is 27.2 Å². The molecule has 3 unspecified atom stereocenters. The topological polar surface area (TPSA) is 108 Å². The average Bonchev–Trinajstić information content (AvgIpc) is 3.42. The summed E-state index contributed by atoms with van der Waals surface area (Å²) in [5.74, 6) is -0.199. The van der Waals surface area contributed by atoms with Gasteiger partial charge in [-0.15, -0.1) is 0 Å². The predicted molar refractivity (Wildman–Crippen MR) is 344 cm³/mol. The minimum Gasteiger partial charge on any atom is -0.756 e. The minimum absolute atomic E-state index is 0.00356. The van der Waals surface area contributed by atoms with Crippen molar-refractivity contribution in [1.82, 2.24) is 5.32 Å². The van der Waals surface area contributed by atoms with E-state index in [2.05, 4.69) is 79.9 Å². The van der Waals surface area contributed by atoms with Gasteiger partial charge in [-0.2, -0.15) is 0 Å². The first-order chi connectivity index (χ1) is 38.5. The molecular weight excluding hydrogens is 996 g/mol. The number of hydrogen-bond donors (Lipinski definition) is 2. The number of rotatable bonds is 62. The Hall–Kier alpha value is -2.06. The maximum Gasteiger partial charge on any atom is 0.268 e. The largest absolute Gasteiger partial charge is 0.756 e. The van der Waals surface area contributed by atoms with Gasteiger partial charge >= 0.3 is 0 Å². The molecule has 0 heterocycles. The summed E-state index contributed by atoms with van der Waals surface area (Å²) in [5, 5.41) is 14.0. The lowest BCUT2D eigenvalue weighted by molar-refractivity contribution is -0.870. The van der Waals surface area contributed by atoms with Crippen LogP contribution in [0.2, 0.25) is 0 Å². The molecule has 0 radical (unpaired) electrons. The lowest BCUT2D eigenvalue weighted by Gasteiger charge is -2.29. The van der Waals surface area contributed by atoms with Crippen molar-refractivity contribution < 1.29 is 32.9 Å². The molecular formula is C70H131N2O6P. The van der Waals surface area contributed by atoms with Gasteiger partial charge in [0, 0.05) is 6.42 Å². The summed E-state index contributed by atoms with van der Waals surface area (Å²) >= 11 is 0. The highest BCUT2D eigenvalue weighted by Gasteiger charge is 2.23. The van der Waals surface area contributed by atoms with Gasteiger partial charge in [-0.25, -0.2) is 0 Å². The number of phosphoric acid groups is 1. The molecule has 0 saturated heterocycles. The molecule has 9 heteroatoms. The molecule has 0 bridgehead atoms. The number of amides is 1. The molecule has 2 N–H and O–H groups in total. The third-order valence-electron chi connectivity index (χ3n) is 15.2. The van der Waals surface area contributed by atoms with Crippen LogP contribution >= 0.6 is 7.82 Å². The average molecular weight is 1130 g/mol. The van der Waals surface area contributed by atoms with E-state index in [4.69, 9.17) is 9.05 Å². The SMILES string of the molecule is CC/C=C\C/C=C\C/C=C\C/C=C\C/C=C\CCCCCCCCCCCCCC(=O)NC(COP(=O)([O-])OCC[N+](C)(C)C)C(O)/C=C/CCCCCCCCCCCCCCCCCCCCCCCCCCCCCC. The molecule has 0 aliphatic carbocycles. The fraction of sp³-hybridized carbons (Fsp3) is 0.814. The second kappa shape index (κ2) is 60.5. The van der Waals surface area contributed by atoms with Gasteiger partial charge in [-0.3, -0.25) is 9.36 Å². The monoisotopic (exact) mass is 1130 g/mol. The van der Waals surface area contributed by atoms with Crippen LogP contribution in [0.5, 0.6) is 0 Å². The molecule has 3 atom stereocenters. The number of carbonyl (C=O) groups is 1. The van der Waals surface area contributed by atoms with E-state index in [0.29, 0.717) is 17.4 Å². The van der Waals surface area contributed by atoms with Crippen molar-refractivity contribution in [3.63, 3.8) is 0 Å². The fourth-order valence-corrected chi connectivity index (χ4v) is 10.7. The van der Waals surface area contributed by atoms with E-state index < -0.39 is 20.0 Å². The number of hydrogen-bond acceptors (Lipinski definition) is 6. The molecule has 79 heavy (non-hydrogen) atoms. The van der Waals surface area contributed by atoms with E-state index in [-0.39, 0.29) is 19.1 Å². The predicted octanol–water partition coefficient (Wildman–Crippen LogP) is 20.8. The molecule has 1 amide bonds. The molecule has 462 valence electrons. The Morgan fingerprint density at radius 3 is 1.13 bits per heavy atom. The van der Waals surface area contributed by atoms with Crippen LogP contribution in [0.15, 0.2) is 72.9 Å². The first-order valence-corrected chi connectivity index (χ1v) is 35.3. The van der Waals surface area contributed by atoms with Crippen LogP contribution in [0.4, 0.5) is 0 Å². The third kappa shape index (κ3) is 63.4. The zero-order chi connectivity index (χ0) is 57.7. The zero-order valence-electron chi connectivity index (χ0n) is 52.8. The van der Waals surface area contributed by atoms with E-state index in [1.165, 1.54) is 225 Å². The number of allylic oxidation sites excluding steroid dienone is 11. The summed E-state index contributed by atoms with van der Waals surface area (Å²) < 4.78 is 23.4. The number of unbranched alkanes of at least 4 members (excludes halogenated alkanes) is 39. The van der Waals surface area contributed by atoms with Crippen molar-refractivity contribution in [2.45, 2.75) is 328 Å². The molecule has 0 fully saturated rings. The van der Waals surface area contributed by atoms with Crippen LogP contribution in [0.25, 0.3) is 0 Å². The number of phosphoric ester groups is 1. The van der Waals surface area contributed by atoms with Crippen LogP contribution in [0.1, 0.15) is 316 Å². The molecule has 0 rings (SSSR count). The summed E-state index contributed by atoms with van der Waals surface area (Å²) in [7, 11) is 1.26. The standard InChI is InChI=1S/C70H131N2O6P/c1-6-8-10-12-14-16-18-20-22-24-26-28-30-32-34-35-36-38-39-41-43-45-47-49-51-53-55-57-59-61-63-69(73)68(67-78-79(75,76)77-66-65-72(3,4)5)71-70(74)64-62-60-58-56-54-52-50-48-46-44-42-40-37-33-31-29-27-25-23-21-19-17-15-13-11-9-7-2/h9,11,15,17,21,23,27,29,33,37,61,63,68-69,73H,6-8,10,12-14,16,18-20,22,24-26,28,30-32,34-36,38-60,62,64-67H2,1-5H3,(H-,71,74,75,76)/b11-9-,17-15-,23-21-,29-27-,37-33-,63-61+. The van der Waals surface area contributed by atoms with Crippen LogP contribution in [-0.2, 0) is 18.4 Å². The van der Waals surface area contributed by atoms with Crippen molar-refractivity contribution in [3.05, 3.63) is 72.9 Å². The van der Waals surface area contributed by atoms with E-state index in [9.17, 15) is 19.4 Å². The van der Waals surface area contributed by atoms with Gasteiger partial charge in [-0.05, 0) is 64.2 Å². The van der Waals surface area contributed by atoms with Crippen molar-refractivity contribution in [2.24, 2.45) is 0 Å². The van der Waals surface area contributed by atoms with Gasteiger partial charge in [0.15, 0.2) is 0 Å². The quantitative estimate of drug-likeness (QED) is 0.0272. The molecule has 0 spiro atoms. The van der Waals surface area contributed by atoms with Crippen molar-refractivity contribution in [2.75, 3.05) is 40.9 Å². The van der Waals surface area contributed by atoms with Gasteiger partial charge in [0.25, 0.3) is 7.82 Å². The Bertz CT molecular complexity index is 1520. The van der Waals surface area contributed by atoms with Crippen LogP contribution in [-0.4, -0.2) is 68.5 Å². The normalized spacial score (nSPS) is 14.2. The number of likely N-dealkylation sites (N-methyl/N-ethyl adjacent to an activating group) is 1. The molecule has 0 aromatic rings. The van der Waals surface area contributed by atoms with Crippen LogP contribution < -0.4 is 10.2 Å². The van der Waals surface area contributed by atoms with Gasteiger partial charge in [0.1, 0.15) is 13.2 Å². The Balaban J connectivity index is 4.11. The third-order valence-corrected chi connectivity index (χ3v) is 16.1. The maximum absolute atomic E-state index is 13.0. The smallest absolute Gasteiger partial charge is 0.268 e. The molecule has 0 aromatic heterocycles. The van der Waals surface area contributed by atoms with Crippen molar-refractivity contribution in [3.8, 4) is 0 Å². The Kier molecular flexibility index (Phi) is 59.0. The fourth-order valence-electron chi connectivity index (χ4n) is 9.95. The van der Waals surface area contributed by atoms with E-state index in [0.717, 1.165) is 70.6 Å². The number of nitrogens with one attached hydrogen (secondary N) is 1. The Morgan fingerprint density at radius 2 is 0.772 bits per heavy atom. The van der Waals surface area contributed by atoms with E-state index >= 15 is 0 Å². The molecule has 0 aromatic carbocycles. The second-order valence-corrected chi connectivity index (χ2v) is 25.6. The summed E-state index contributed by atoms with van der Waals surface area (Å²) in [4.78, 5) is 25.6. The molecule has 8 nitrogen and oxygen atoms in total. The molecule has 0 aliphatic rings. The lowest BCUT2D eigenvalue weighted by atomic mass is 10.0. The summed E-state index contributed by atoms with van der Waals surface area (Å²) in [6.45, 7) is 4.57. The number of carbonyl (C=O) groups excluding carboxylic acids is 1. The number of aliphatic hydroxyl groups is 1. The number of quaternary nitrogens is 1. The van der Waals surface area contributed by atoms with Gasteiger partial charge in [-0.1, -0.05) is 318 Å². The second-order valence-electron chi connectivity index (χ2n) is 24.2. The van der Waals surface area contributed by atoms with E-state index in [1.54, 1.807) is 6.08 Å². The van der Waals surface area contributed by atoms with Crippen molar-refractivity contribution in [1.29, 1.82) is 0 Å². The van der Waals surface area contributed by atoms with Gasteiger partial charge in [0.2, 0.25) is 5.91 Å². The number of aliphatic hydroxyl groups excluding tert-OH is 1. The molecule has 0 aliphatic heterocycles. The Morgan fingerprint density at radius 1 is 0.456 bits per heavy atom. The molecule has 0 saturated carbocycles. The summed E-state index contributed by atoms with van der Waals surface area (Å²) in [5.41, 5.74) is 0. The van der Waals surface area contributed by atoms with Crippen LogP contribution in [0, 0.1) is 0 Å². The van der Waals surface area contributed by atoms with Gasteiger partial charge < -0.3 is 28.8 Å². The highest BCUT2D eigenvalue weighted by atomic mass is 31.2. The Labute approximate surface area is 491 Å². The summed E-state index contributed by atoms with van der Waals surface area (Å²) in [6.07, 6.45) is 84.4.